The first-order chi connectivity index (χ1) is 13.5. The van der Waals surface area contributed by atoms with Gasteiger partial charge in [-0.05, 0) is 87.5 Å². The molecule has 150 valence electrons. The van der Waals surface area contributed by atoms with Crippen LogP contribution in [0.3, 0.4) is 0 Å². The standard InChI is InChI=1S/C23H30N2O3/c1-2-28-20-5-3-19(4-6-20)25-14-18(10-21(25)26)22(27)24-23-11-15-7-16(12-23)9-17(8-15)13-23/h3-6,15-18H,2,7-14H2,1H3,(H,24,27)/t15?,16?,17?,18-,23?/m0/s1. The van der Waals surface area contributed by atoms with E-state index in [9.17, 15) is 9.59 Å². The summed E-state index contributed by atoms with van der Waals surface area (Å²) in [5, 5.41) is 3.45. The number of nitrogens with one attached hydrogen (secondary N) is 1. The highest BCUT2D eigenvalue weighted by atomic mass is 16.5. The summed E-state index contributed by atoms with van der Waals surface area (Å²) in [5.74, 6) is 3.09. The highest BCUT2D eigenvalue weighted by molar-refractivity contribution is 6.00. The minimum Gasteiger partial charge on any atom is -0.494 e. The number of nitrogens with zero attached hydrogens (tertiary/aromatic N) is 1. The Hall–Kier alpha value is -2.04. The number of hydrogen-bond acceptors (Lipinski definition) is 3. The van der Waals surface area contributed by atoms with Gasteiger partial charge in [-0.2, -0.15) is 0 Å². The third-order valence-corrected chi connectivity index (χ3v) is 7.38. The van der Waals surface area contributed by atoms with Crippen LogP contribution in [0.25, 0.3) is 0 Å². The number of anilines is 1. The molecule has 1 aliphatic heterocycles. The minimum atomic E-state index is -0.243. The molecule has 6 rings (SSSR count). The molecule has 4 aliphatic carbocycles. The molecule has 4 bridgehead atoms. The van der Waals surface area contributed by atoms with Crippen LogP contribution in [-0.2, 0) is 9.59 Å². The molecule has 5 heteroatoms. The fourth-order valence-corrected chi connectivity index (χ4v) is 6.65. The number of rotatable bonds is 5. The molecule has 1 N–H and O–H groups in total. The van der Waals surface area contributed by atoms with Crippen LogP contribution in [0.5, 0.6) is 5.75 Å². The first kappa shape index (κ1) is 18.0. The van der Waals surface area contributed by atoms with Gasteiger partial charge < -0.3 is 15.0 Å². The van der Waals surface area contributed by atoms with Crippen LogP contribution in [0, 0.1) is 23.7 Å². The molecule has 1 aromatic carbocycles. The molecule has 2 amide bonds. The topological polar surface area (TPSA) is 58.6 Å². The average Bonchev–Trinajstić information content (AvgIpc) is 3.03. The SMILES string of the molecule is CCOc1ccc(N2C[C@@H](C(=O)NC34CC5CC(CC(C5)C3)C4)CC2=O)cc1. The number of benzene rings is 1. The van der Waals surface area contributed by atoms with E-state index < -0.39 is 0 Å². The van der Waals surface area contributed by atoms with Gasteiger partial charge in [0.15, 0.2) is 0 Å². The summed E-state index contributed by atoms with van der Waals surface area (Å²) in [7, 11) is 0. The predicted molar refractivity (Wildman–Crippen MR) is 107 cm³/mol. The summed E-state index contributed by atoms with van der Waals surface area (Å²) in [6.45, 7) is 3.05. The molecule has 0 aromatic heterocycles. The summed E-state index contributed by atoms with van der Waals surface area (Å²) in [6, 6.07) is 7.58. The van der Waals surface area contributed by atoms with Crippen LogP contribution >= 0.6 is 0 Å². The molecule has 4 saturated carbocycles. The lowest BCUT2D eigenvalue weighted by Gasteiger charge is -2.57. The lowest BCUT2D eigenvalue weighted by Crippen LogP contribution is -2.60. The maximum atomic E-state index is 13.1. The zero-order valence-electron chi connectivity index (χ0n) is 16.7. The van der Waals surface area contributed by atoms with Crippen molar-refractivity contribution in [1.29, 1.82) is 0 Å². The lowest BCUT2D eigenvalue weighted by molar-refractivity contribution is -0.131. The molecule has 5 fully saturated rings. The summed E-state index contributed by atoms with van der Waals surface area (Å²) >= 11 is 0. The third-order valence-electron chi connectivity index (χ3n) is 7.38. The van der Waals surface area contributed by atoms with Crippen molar-refractivity contribution in [2.75, 3.05) is 18.1 Å². The largest absolute Gasteiger partial charge is 0.494 e. The van der Waals surface area contributed by atoms with Gasteiger partial charge in [-0.1, -0.05) is 0 Å². The van der Waals surface area contributed by atoms with Crippen molar-refractivity contribution in [3.05, 3.63) is 24.3 Å². The Morgan fingerprint density at radius 2 is 1.71 bits per heavy atom. The molecule has 28 heavy (non-hydrogen) atoms. The Morgan fingerprint density at radius 1 is 1.11 bits per heavy atom. The number of carbonyl (C=O) groups is 2. The molecule has 5 aliphatic rings. The normalized spacial score (nSPS) is 36.0. The Kier molecular flexibility index (Phi) is 4.37. The minimum absolute atomic E-state index is 0.0153. The molecule has 1 atom stereocenters. The molecular formula is C23H30N2O3. The fourth-order valence-electron chi connectivity index (χ4n) is 6.65. The zero-order chi connectivity index (χ0) is 19.3. The first-order valence-corrected chi connectivity index (χ1v) is 10.9. The molecule has 1 saturated heterocycles. The van der Waals surface area contributed by atoms with Crippen LogP contribution in [-0.4, -0.2) is 30.5 Å². The quantitative estimate of drug-likeness (QED) is 0.848. The number of hydrogen-bond donors (Lipinski definition) is 1. The smallest absolute Gasteiger partial charge is 0.227 e. The Labute approximate surface area is 166 Å². The Morgan fingerprint density at radius 3 is 2.29 bits per heavy atom. The number of ether oxygens (including phenoxy) is 1. The van der Waals surface area contributed by atoms with Gasteiger partial charge in [-0.25, -0.2) is 0 Å². The van der Waals surface area contributed by atoms with Gasteiger partial charge in [-0.15, -0.1) is 0 Å². The number of amides is 2. The molecule has 1 heterocycles. The van der Waals surface area contributed by atoms with Crippen molar-refractivity contribution in [2.45, 2.75) is 57.4 Å². The monoisotopic (exact) mass is 382 g/mol. The molecular weight excluding hydrogens is 352 g/mol. The highest BCUT2D eigenvalue weighted by Gasteiger charge is 2.52. The zero-order valence-corrected chi connectivity index (χ0v) is 16.7. The first-order valence-electron chi connectivity index (χ1n) is 10.9. The van der Waals surface area contributed by atoms with Crippen molar-refractivity contribution in [3.8, 4) is 5.75 Å². The Bertz CT molecular complexity index is 737. The van der Waals surface area contributed by atoms with Gasteiger partial charge in [0.05, 0.1) is 12.5 Å². The molecule has 0 unspecified atom stereocenters. The second-order valence-corrected chi connectivity index (χ2v) is 9.52. The van der Waals surface area contributed by atoms with Crippen LogP contribution < -0.4 is 15.0 Å². The lowest BCUT2D eigenvalue weighted by atomic mass is 9.53. The fraction of sp³-hybridized carbons (Fsp3) is 0.652. The average molecular weight is 383 g/mol. The maximum absolute atomic E-state index is 13.1. The van der Waals surface area contributed by atoms with Crippen molar-refractivity contribution in [2.24, 2.45) is 23.7 Å². The van der Waals surface area contributed by atoms with E-state index in [1.54, 1.807) is 4.90 Å². The van der Waals surface area contributed by atoms with Gasteiger partial charge in [0.2, 0.25) is 11.8 Å². The third kappa shape index (κ3) is 3.19. The van der Waals surface area contributed by atoms with E-state index in [1.807, 2.05) is 31.2 Å². The van der Waals surface area contributed by atoms with Crippen LogP contribution in [0.4, 0.5) is 5.69 Å². The van der Waals surface area contributed by atoms with Gasteiger partial charge in [0.1, 0.15) is 5.75 Å². The van der Waals surface area contributed by atoms with Gasteiger partial charge in [0, 0.05) is 24.2 Å². The van der Waals surface area contributed by atoms with Crippen molar-refractivity contribution in [1.82, 2.24) is 5.32 Å². The van der Waals surface area contributed by atoms with Crippen molar-refractivity contribution < 1.29 is 14.3 Å². The molecule has 0 radical (unpaired) electrons. The van der Waals surface area contributed by atoms with Crippen LogP contribution in [0.2, 0.25) is 0 Å². The van der Waals surface area contributed by atoms with E-state index >= 15 is 0 Å². The van der Waals surface area contributed by atoms with Crippen LogP contribution in [0.1, 0.15) is 51.9 Å². The number of carbonyl (C=O) groups excluding carboxylic acids is 2. The van der Waals surface area contributed by atoms with Gasteiger partial charge >= 0.3 is 0 Å². The van der Waals surface area contributed by atoms with Crippen molar-refractivity contribution >= 4 is 17.5 Å². The summed E-state index contributed by atoms with van der Waals surface area (Å²) in [4.78, 5) is 27.4. The van der Waals surface area contributed by atoms with E-state index in [2.05, 4.69) is 5.32 Å². The molecule has 5 nitrogen and oxygen atoms in total. The van der Waals surface area contributed by atoms with Gasteiger partial charge in [0.25, 0.3) is 0 Å². The highest BCUT2D eigenvalue weighted by Crippen LogP contribution is 2.55. The predicted octanol–water partition coefficient (Wildman–Crippen LogP) is 3.52. The van der Waals surface area contributed by atoms with E-state index in [-0.39, 0.29) is 23.3 Å². The molecule has 0 spiro atoms. The second-order valence-electron chi connectivity index (χ2n) is 9.52. The van der Waals surface area contributed by atoms with Crippen molar-refractivity contribution in [3.63, 3.8) is 0 Å². The van der Waals surface area contributed by atoms with Crippen LogP contribution in [0.15, 0.2) is 24.3 Å². The van der Waals surface area contributed by atoms with E-state index in [1.165, 1.54) is 19.3 Å². The summed E-state index contributed by atoms with van der Waals surface area (Å²) in [6.07, 6.45) is 7.84. The summed E-state index contributed by atoms with van der Waals surface area (Å²) in [5.41, 5.74) is 0.861. The summed E-state index contributed by atoms with van der Waals surface area (Å²) < 4.78 is 5.48. The molecule has 1 aromatic rings. The van der Waals surface area contributed by atoms with E-state index in [0.29, 0.717) is 19.6 Å². The van der Waals surface area contributed by atoms with Gasteiger partial charge in [-0.3, -0.25) is 9.59 Å². The van der Waals surface area contributed by atoms with E-state index in [4.69, 9.17) is 4.74 Å². The Balaban J connectivity index is 1.25. The second kappa shape index (κ2) is 6.78. The van der Waals surface area contributed by atoms with E-state index in [0.717, 1.165) is 48.5 Å². The maximum Gasteiger partial charge on any atom is 0.227 e.